The fraction of sp³-hybridized carbons (Fsp3) is 0.0968. The molecule has 0 aliphatic rings. The summed E-state index contributed by atoms with van der Waals surface area (Å²) in [7, 11) is 0. The van der Waals surface area contributed by atoms with Crippen LogP contribution in [0.1, 0.15) is 17.0 Å². The second-order valence-electron chi connectivity index (χ2n) is 8.91. The minimum absolute atomic E-state index is 1.01. The van der Waals surface area contributed by atoms with Gasteiger partial charge in [-0.2, -0.15) is 0 Å². The molecule has 164 valence electrons. The number of hydrogen-bond acceptors (Lipinski definition) is 3. The molecule has 3 aromatic heterocycles. The summed E-state index contributed by atoms with van der Waals surface area (Å²) in [6, 6.07) is 30.5. The van der Waals surface area contributed by atoms with Gasteiger partial charge in [0.2, 0.25) is 0 Å². The Kier molecular flexibility index (Phi) is 5.00. The van der Waals surface area contributed by atoms with Gasteiger partial charge in [-0.3, -0.25) is 9.97 Å². The molecule has 2 nitrogen and oxygen atoms in total. The summed E-state index contributed by atoms with van der Waals surface area (Å²) in [5.41, 5.74) is 10.4. The van der Waals surface area contributed by atoms with Crippen molar-refractivity contribution in [3.8, 4) is 33.5 Å². The molecule has 0 aliphatic carbocycles. The molecular formula is C31H24N2S. The number of aryl methyl sites for hydroxylation is 3. The molecule has 34 heavy (non-hydrogen) atoms. The standard InChI is InChI=1S/C31H24N2S/c1-19-13-29(32-18-28(19)22-7-5-4-6-8-22)24-10-12-30-27(16-24)26-11-9-23(17-31(26)34-30)25-14-20(2)33-21(3)15-25/h4-18H,1-3H3. The lowest BCUT2D eigenvalue weighted by molar-refractivity contribution is 1.12. The SMILES string of the molecule is Cc1cc(-c2ccc3c(c2)sc2ccc(-c4cc(C)c(-c5ccccc5)cn4)cc23)cc(C)n1. The molecule has 0 saturated heterocycles. The second kappa shape index (κ2) is 8.19. The average Bonchev–Trinajstić information content (AvgIpc) is 3.21. The zero-order chi connectivity index (χ0) is 23.2. The first kappa shape index (κ1) is 20.8. The zero-order valence-electron chi connectivity index (χ0n) is 19.5. The third kappa shape index (κ3) is 3.68. The summed E-state index contributed by atoms with van der Waals surface area (Å²) < 4.78 is 2.61. The van der Waals surface area contributed by atoms with E-state index in [9.17, 15) is 0 Å². The van der Waals surface area contributed by atoms with Crippen LogP contribution < -0.4 is 0 Å². The molecule has 0 N–H and O–H groups in total. The van der Waals surface area contributed by atoms with Crippen molar-refractivity contribution >= 4 is 31.5 Å². The second-order valence-corrected chi connectivity index (χ2v) is 10.00. The minimum Gasteiger partial charge on any atom is -0.258 e. The lowest BCUT2D eigenvalue weighted by Crippen LogP contribution is -1.89. The van der Waals surface area contributed by atoms with E-state index in [1.54, 1.807) is 0 Å². The van der Waals surface area contributed by atoms with Crippen molar-refractivity contribution in [3.63, 3.8) is 0 Å². The topological polar surface area (TPSA) is 25.8 Å². The number of pyridine rings is 2. The van der Waals surface area contributed by atoms with Crippen LogP contribution in [0.15, 0.2) is 91.1 Å². The van der Waals surface area contributed by atoms with Crippen molar-refractivity contribution < 1.29 is 0 Å². The van der Waals surface area contributed by atoms with Crippen LogP contribution in [-0.4, -0.2) is 9.97 Å². The lowest BCUT2D eigenvalue weighted by atomic mass is 9.99. The van der Waals surface area contributed by atoms with Crippen molar-refractivity contribution in [2.45, 2.75) is 20.8 Å². The molecule has 0 bridgehead atoms. The molecule has 0 fully saturated rings. The molecule has 0 radical (unpaired) electrons. The number of thiophene rings is 1. The van der Waals surface area contributed by atoms with Crippen molar-refractivity contribution in [3.05, 3.63) is 108 Å². The molecule has 0 unspecified atom stereocenters. The summed E-state index contributed by atoms with van der Waals surface area (Å²) in [5.74, 6) is 0. The molecule has 0 atom stereocenters. The van der Waals surface area contributed by atoms with E-state index in [0.717, 1.165) is 22.6 Å². The Hall–Kier alpha value is -3.82. The molecule has 6 rings (SSSR count). The van der Waals surface area contributed by atoms with Gasteiger partial charge in [0.1, 0.15) is 0 Å². The molecule has 3 heteroatoms. The fourth-order valence-electron chi connectivity index (χ4n) is 4.75. The third-order valence-corrected chi connectivity index (χ3v) is 7.51. The quantitative estimate of drug-likeness (QED) is 0.266. The van der Waals surface area contributed by atoms with Crippen LogP contribution in [0.3, 0.4) is 0 Å². The molecule has 3 heterocycles. The van der Waals surface area contributed by atoms with Gasteiger partial charge in [-0.1, -0.05) is 48.5 Å². The normalized spacial score (nSPS) is 11.4. The predicted octanol–water partition coefficient (Wildman–Crippen LogP) is 8.77. The van der Waals surface area contributed by atoms with Gasteiger partial charge in [0, 0.05) is 48.9 Å². The van der Waals surface area contributed by atoms with Gasteiger partial charge in [-0.25, -0.2) is 0 Å². The van der Waals surface area contributed by atoms with Crippen LogP contribution >= 0.6 is 11.3 Å². The molecule has 0 amide bonds. The van der Waals surface area contributed by atoms with Crippen LogP contribution in [0.4, 0.5) is 0 Å². The van der Waals surface area contributed by atoms with Crippen LogP contribution in [0.25, 0.3) is 53.7 Å². The highest BCUT2D eigenvalue weighted by molar-refractivity contribution is 7.25. The maximum Gasteiger partial charge on any atom is 0.0705 e. The van der Waals surface area contributed by atoms with Crippen LogP contribution in [0, 0.1) is 20.8 Å². The zero-order valence-corrected chi connectivity index (χ0v) is 20.3. The minimum atomic E-state index is 1.01. The first-order chi connectivity index (χ1) is 16.5. The van der Waals surface area contributed by atoms with Gasteiger partial charge in [0.05, 0.1) is 5.69 Å². The Morgan fingerprint density at radius 2 is 1.35 bits per heavy atom. The Bertz CT molecular complexity index is 1660. The van der Waals surface area contributed by atoms with E-state index in [-0.39, 0.29) is 0 Å². The third-order valence-electron chi connectivity index (χ3n) is 6.38. The van der Waals surface area contributed by atoms with Crippen molar-refractivity contribution in [2.75, 3.05) is 0 Å². The molecule has 0 saturated carbocycles. The first-order valence-electron chi connectivity index (χ1n) is 11.5. The number of aromatic nitrogens is 2. The van der Waals surface area contributed by atoms with E-state index in [1.807, 2.05) is 23.6 Å². The van der Waals surface area contributed by atoms with E-state index in [2.05, 4.69) is 105 Å². The van der Waals surface area contributed by atoms with Gasteiger partial charge < -0.3 is 0 Å². The van der Waals surface area contributed by atoms with E-state index in [4.69, 9.17) is 4.98 Å². The van der Waals surface area contributed by atoms with Gasteiger partial charge >= 0.3 is 0 Å². The van der Waals surface area contributed by atoms with Gasteiger partial charge in [0.15, 0.2) is 0 Å². The molecule has 0 spiro atoms. The Morgan fingerprint density at radius 3 is 2.12 bits per heavy atom. The van der Waals surface area contributed by atoms with Crippen LogP contribution in [0.5, 0.6) is 0 Å². The number of benzene rings is 3. The summed E-state index contributed by atoms with van der Waals surface area (Å²) in [6.07, 6.45) is 2.00. The smallest absolute Gasteiger partial charge is 0.0705 e. The summed E-state index contributed by atoms with van der Waals surface area (Å²) >= 11 is 1.85. The fourth-order valence-corrected chi connectivity index (χ4v) is 5.88. The van der Waals surface area contributed by atoms with E-state index >= 15 is 0 Å². The molecule has 3 aromatic carbocycles. The Morgan fingerprint density at radius 1 is 0.588 bits per heavy atom. The summed E-state index contributed by atoms with van der Waals surface area (Å²) in [5, 5.41) is 2.59. The lowest BCUT2D eigenvalue weighted by Gasteiger charge is -2.09. The first-order valence-corrected chi connectivity index (χ1v) is 12.3. The van der Waals surface area contributed by atoms with Crippen molar-refractivity contribution in [1.29, 1.82) is 0 Å². The van der Waals surface area contributed by atoms with Gasteiger partial charge in [-0.05, 0) is 79.4 Å². The number of nitrogens with zero attached hydrogens (tertiary/aromatic N) is 2. The van der Waals surface area contributed by atoms with Crippen molar-refractivity contribution in [2.24, 2.45) is 0 Å². The van der Waals surface area contributed by atoms with Crippen LogP contribution in [-0.2, 0) is 0 Å². The summed E-state index contributed by atoms with van der Waals surface area (Å²) in [6.45, 7) is 6.27. The summed E-state index contributed by atoms with van der Waals surface area (Å²) in [4.78, 5) is 9.35. The average molecular weight is 457 g/mol. The monoisotopic (exact) mass is 456 g/mol. The Balaban J connectivity index is 1.42. The van der Waals surface area contributed by atoms with Gasteiger partial charge in [0.25, 0.3) is 0 Å². The highest BCUT2D eigenvalue weighted by atomic mass is 32.1. The molecular weight excluding hydrogens is 432 g/mol. The highest BCUT2D eigenvalue weighted by Gasteiger charge is 2.11. The highest BCUT2D eigenvalue weighted by Crippen LogP contribution is 2.38. The largest absolute Gasteiger partial charge is 0.258 e. The van der Waals surface area contributed by atoms with Crippen molar-refractivity contribution in [1.82, 2.24) is 9.97 Å². The van der Waals surface area contributed by atoms with E-state index < -0.39 is 0 Å². The predicted molar refractivity (Wildman–Crippen MR) is 145 cm³/mol. The van der Waals surface area contributed by atoms with E-state index in [1.165, 1.54) is 48.0 Å². The molecule has 0 aliphatic heterocycles. The number of rotatable bonds is 3. The molecule has 6 aromatic rings. The van der Waals surface area contributed by atoms with E-state index in [0.29, 0.717) is 0 Å². The number of hydrogen-bond donors (Lipinski definition) is 0. The Labute approximate surface area is 203 Å². The number of fused-ring (bicyclic) bond motifs is 3. The van der Waals surface area contributed by atoms with Crippen LogP contribution in [0.2, 0.25) is 0 Å². The maximum atomic E-state index is 4.83. The maximum absolute atomic E-state index is 4.83. The van der Waals surface area contributed by atoms with Gasteiger partial charge in [-0.15, -0.1) is 11.3 Å².